The number of benzene rings is 1. The van der Waals surface area contributed by atoms with Crippen LogP contribution in [0.3, 0.4) is 0 Å². The molecule has 4 rings (SSSR count). The van der Waals surface area contributed by atoms with Crippen LogP contribution in [0.4, 0.5) is 0 Å². The van der Waals surface area contributed by atoms with Gasteiger partial charge >= 0.3 is 5.69 Å². The number of pyridine rings is 1. The lowest BCUT2D eigenvalue weighted by molar-refractivity contribution is 0.0948. The number of nitrogens with zero attached hydrogens (tertiary/aromatic N) is 5. The van der Waals surface area contributed by atoms with E-state index in [0.717, 1.165) is 14.8 Å². The molecule has 0 bridgehead atoms. The maximum Gasteiger partial charge on any atom is 0.332 e. The number of hydrogen-bond acceptors (Lipinski definition) is 6. The number of thiazole rings is 1. The van der Waals surface area contributed by atoms with Gasteiger partial charge in [0.15, 0.2) is 0 Å². The molecule has 1 amide bonds. The van der Waals surface area contributed by atoms with Crippen molar-refractivity contribution in [3.05, 3.63) is 67.7 Å². The molecular formula is C18H16N6O3S. The van der Waals surface area contributed by atoms with Crippen LogP contribution in [0.5, 0.6) is 0 Å². The lowest BCUT2D eigenvalue weighted by atomic mass is 10.2. The normalized spacial score (nSPS) is 12.0. The summed E-state index contributed by atoms with van der Waals surface area (Å²) in [7, 11) is 4.76. The number of carbonyl (C=O) groups is 1. The van der Waals surface area contributed by atoms with Crippen LogP contribution < -0.4 is 21.5 Å². The fraction of sp³-hybridized carbons (Fsp3) is 0.167. The third-order valence-corrected chi connectivity index (χ3v) is 5.62. The first-order valence-corrected chi connectivity index (χ1v) is 9.15. The zero-order valence-corrected chi connectivity index (χ0v) is 16.1. The Bertz CT molecular complexity index is 1440. The number of para-hydroxylation sites is 1. The van der Waals surface area contributed by atoms with Crippen molar-refractivity contribution < 1.29 is 4.79 Å². The van der Waals surface area contributed by atoms with Crippen molar-refractivity contribution in [2.45, 2.75) is 0 Å². The van der Waals surface area contributed by atoms with Gasteiger partial charge in [0.05, 0.1) is 15.6 Å². The predicted octanol–water partition coefficient (Wildman–Crippen LogP) is 0.431. The third-order valence-electron chi connectivity index (χ3n) is 4.50. The van der Waals surface area contributed by atoms with Crippen LogP contribution in [0.2, 0.25) is 0 Å². The fourth-order valence-corrected chi connectivity index (χ4v) is 3.90. The number of nitrogens with one attached hydrogen (secondary N) is 1. The maximum absolute atomic E-state index is 12.5. The van der Waals surface area contributed by atoms with Gasteiger partial charge in [0.2, 0.25) is 4.80 Å². The summed E-state index contributed by atoms with van der Waals surface area (Å²) >= 11 is 1.44. The standard InChI is InChI=1S/C18H16N6O3S/c1-22-12-6-4-5-7-13(12)28-17(22)21-20-15(25)11-9-8-10-14(19-11)23(2)18(27)24(3)16(10)26/h4-9H,1-3H3,(H,20,25)/b21-17-. The molecule has 3 aromatic heterocycles. The average Bonchev–Trinajstić information content (AvgIpc) is 3.04. The van der Waals surface area contributed by atoms with E-state index in [-0.39, 0.29) is 16.7 Å². The molecule has 0 spiro atoms. The second kappa shape index (κ2) is 6.57. The molecule has 9 nitrogen and oxygen atoms in total. The van der Waals surface area contributed by atoms with Gasteiger partial charge in [-0.15, -0.1) is 5.10 Å². The number of aryl methyl sites for hydroxylation is 2. The molecule has 0 aliphatic heterocycles. The number of amides is 1. The molecule has 3 heterocycles. The molecule has 0 aliphatic rings. The highest BCUT2D eigenvalue weighted by Crippen LogP contribution is 2.15. The minimum atomic E-state index is -0.535. The van der Waals surface area contributed by atoms with Gasteiger partial charge in [-0.3, -0.25) is 18.7 Å². The van der Waals surface area contributed by atoms with Crippen LogP contribution in [-0.4, -0.2) is 24.6 Å². The van der Waals surface area contributed by atoms with Crippen molar-refractivity contribution in [2.24, 2.45) is 26.2 Å². The smallest absolute Gasteiger partial charge is 0.318 e. The lowest BCUT2D eigenvalue weighted by Crippen LogP contribution is -2.37. The first kappa shape index (κ1) is 17.9. The van der Waals surface area contributed by atoms with E-state index in [1.807, 2.05) is 35.9 Å². The second-order valence-electron chi connectivity index (χ2n) is 6.24. The molecule has 0 unspecified atom stereocenters. The van der Waals surface area contributed by atoms with Gasteiger partial charge in [0, 0.05) is 21.1 Å². The summed E-state index contributed by atoms with van der Waals surface area (Å²) in [6.07, 6.45) is 0. The van der Waals surface area contributed by atoms with Crippen LogP contribution in [-0.2, 0) is 21.1 Å². The molecule has 1 N–H and O–H groups in total. The zero-order valence-electron chi connectivity index (χ0n) is 15.3. The minimum Gasteiger partial charge on any atom is -0.318 e. The molecular weight excluding hydrogens is 380 g/mol. The average molecular weight is 396 g/mol. The first-order valence-electron chi connectivity index (χ1n) is 8.34. The molecule has 0 atom stereocenters. The van der Waals surface area contributed by atoms with Crippen LogP contribution in [0.25, 0.3) is 21.3 Å². The topological polar surface area (TPSA) is 103 Å². The molecule has 0 fully saturated rings. The number of fused-ring (bicyclic) bond motifs is 2. The van der Waals surface area contributed by atoms with E-state index < -0.39 is 17.2 Å². The van der Waals surface area contributed by atoms with Crippen LogP contribution in [0.1, 0.15) is 10.5 Å². The van der Waals surface area contributed by atoms with Crippen molar-refractivity contribution in [1.82, 2.24) is 24.1 Å². The van der Waals surface area contributed by atoms with E-state index in [2.05, 4.69) is 15.5 Å². The SMILES string of the molecule is Cn1c(=O)c2ccc(C(=O)N/N=c3\sc4ccccc4n3C)nc2n(C)c1=O. The van der Waals surface area contributed by atoms with Gasteiger partial charge in [0.25, 0.3) is 11.5 Å². The van der Waals surface area contributed by atoms with Crippen molar-refractivity contribution in [3.63, 3.8) is 0 Å². The van der Waals surface area contributed by atoms with Crippen LogP contribution in [0, 0.1) is 0 Å². The Morgan fingerprint density at radius 2 is 1.79 bits per heavy atom. The summed E-state index contributed by atoms with van der Waals surface area (Å²) in [5.74, 6) is -0.535. The lowest BCUT2D eigenvalue weighted by Gasteiger charge is -2.07. The maximum atomic E-state index is 12.5. The van der Waals surface area contributed by atoms with Gasteiger partial charge < -0.3 is 4.57 Å². The van der Waals surface area contributed by atoms with Crippen molar-refractivity contribution in [1.29, 1.82) is 0 Å². The van der Waals surface area contributed by atoms with Gasteiger partial charge in [-0.2, -0.15) is 0 Å². The van der Waals surface area contributed by atoms with E-state index in [4.69, 9.17) is 0 Å². The van der Waals surface area contributed by atoms with Crippen molar-refractivity contribution in [3.8, 4) is 0 Å². The third kappa shape index (κ3) is 2.74. The summed E-state index contributed by atoms with van der Waals surface area (Å²) in [6.45, 7) is 0. The molecule has 28 heavy (non-hydrogen) atoms. The Balaban J connectivity index is 1.74. The summed E-state index contributed by atoms with van der Waals surface area (Å²) in [5, 5.41) is 4.44. The van der Waals surface area contributed by atoms with E-state index in [0.29, 0.717) is 4.80 Å². The number of aromatic nitrogens is 4. The Morgan fingerprint density at radius 1 is 1.04 bits per heavy atom. The fourth-order valence-electron chi connectivity index (χ4n) is 2.92. The Labute approximate surface area is 161 Å². The second-order valence-corrected chi connectivity index (χ2v) is 7.25. The Hall–Kier alpha value is -3.53. The molecule has 142 valence electrons. The largest absolute Gasteiger partial charge is 0.332 e. The highest BCUT2D eigenvalue weighted by molar-refractivity contribution is 7.16. The highest BCUT2D eigenvalue weighted by atomic mass is 32.1. The number of carbonyl (C=O) groups excluding carboxylic acids is 1. The van der Waals surface area contributed by atoms with Gasteiger partial charge in [-0.25, -0.2) is 15.2 Å². The molecule has 1 aromatic carbocycles. The summed E-state index contributed by atoms with van der Waals surface area (Å²) in [6, 6.07) is 10.7. The van der Waals surface area contributed by atoms with Gasteiger partial charge in [0.1, 0.15) is 11.3 Å². The summed E-state index contributed by atoms with van der Waals surface area (Å²) in [4.78, 5) is 41.6. The molecule has 0 saturated carbocycles. The van der Waals surface area contributed by atoms with E-state index in [1.54, 1.807) is 0 Å². The van der Waals surface area contributed by atoms with Crippen LogP contribution >= 0.6 is 11.3 Å². The molecule has 10 heteroatoms. The number of rotatable bonds is 2. The van der Waals surface area contributed by atoms with Gasteiger partial charge in [-0.1, -0.05) is 23.5 Å². The van der Waals surface area contributed by atoms with Gasteiger partial charge in [-0.05, 0) is 24.3 Å². The van der Waals surface area contributed by atoms with E-state index in [9.17, 15) is 14.4 Å². The first-order chi connectivity index (χ1) is 13.4. The minimum absolute atomic E-state index is 0.0586. The number of hydrogen-bond donors (Lipinski definition) is 1. The van der Waals surface area contributed by atoms with Crippen molar-refractivity contribution >= 4 is 38.5 Å². The van der Waals surface area contributed by atoms with Crippen molar-refractivity contribution in [2.75, 3.05) is 0 Å². The van der Waals surface area contributed by atoms with Crippen LogP contribution in [0.15, 0.2) is 51.1 Å². The quantitative estimate of drug-likeness (QED) is 0.496. The molecule has 0 aliphatic carbocycles. The summed E-state index contributed by atoms with van der Waals surface area (Å²) < 4.78 is 5.16. The predicted molar refractivity (Wildman–Crippen MR) is 106 cm³/mol. The molecule has 0 saturated heterocycles. The monoisotopic (exact) mass is 396 g/mol. The zero-order chi connectivity index (χ0) is 20.0. The molecule has 0 radical (unpaired) electrons. The molecule has 4 aromatic rings. The Morgan fingerprint density at radius 3 is 2.54 bits per heavy atom. The van der Waals surface area contributed by atoms with E-state index in [1.165, 1.54) is 42.1 Å². The highest BCUT2D eigenvalue weighted by Gasteiger charge is 2.13. The van der Waals surface area contributed by atoms with E-state index >= 15 is 0 Å². The summed E-state index contributed by atoms with van der Waals surface area (Å²) in [5.41, 5.74) is 2.73. The Kier molecular flexibility index (Phi) is 4.19.